The summed E-state index contributed by atoms with van der Waals surface area (Å²) in [5.41, 5.74) is 1.97. The van der Waals surface area contributed by atoms with Crippen molar-refractivity contribution in [3.05, 3.63) is 54.1 Å². The molecule has 0 unspecified atom stereocenters. The highest BCUT2D eigenvalue weighted by Gasteiger charge is 2.31. The minimum Gasteiger partial charge on any atom is -0.207 e. The molecule has 0 amide bonds. The Balaban J connectivity index is 2.23. The first kappa shape index (κ1) is 14.0. The number of hydrogen-bond donors (Lipinski definition) is 0. The van der Waals surface area contributed by atoms with Crippen LogP contribution in [0.25, 0.3) is 0 Å². The molecule has 3 nitrogen and oxygen atoms in total. The maximum Gasteiger partial charge on any atom is 0.243 e. The van der Waals surface area contributed by atoms with Gasteiger partial charge in [-0.2, -0.15) is 4.31 Å². The zero-order chi connectivity index (χ0) is 13.9. The van der Waals surface area contributed by atoms with E-state index in [2.05, 4.69) is 19.6 Å². The van der Waals surface area contributed by atoms with Crippen LogP contribution >= 0.6 is 0 Å². The molecule has 0 atom stereocenters. The van der Waals surface area contributed by atoms with E-state index < -0.39 is 10.0 Å². The van der Waals surface area contributed by atoms with E-state index in [-0.39, 0.29) is 0 Å². The van der Waals surface area contributed by atoms with Crippen molar-refractivity contribution in [1.29, 1.82) is 0 Å². The van der Waals surface area contributed by atoms with Crippen LogP contribution in [0.3, 0.4) is 0 Å². The van der Waals surface area contributed by atoms with Gasteiger partial charge in [0.1, 0.15) is 0 Å². The Morgan fingerprint density at radius 3 is 2.58 bits per heavy atom. The zero-order valence-corrected chi connectivity index (χ0v) is 12.0. The summed E-state index contributed by atoms with van der Waals surface area (Å²) < 4.78 is 26.4. The molecule has 1 aromatic carbocycles. The summed E-state index contributed by atoms with van der Waals surface area (Å²) in [6.07, 6.45) is 4.12. The normalized spacial score (nSPS) is 19.2. The second-order valence-electron chi connectivity index (χ2n) is 4.71. The van der Waals surface area contributed by atoms with Crippen LogP contribution in [0.2, 0.25) is 0 Å². The predicted octanol–water partition coefficient (Wildman–Crippen LogP) is 2.97. The molecular formula is C15H19NO2S. The zero-order valence-electron chi connectivity index (χ0n) is 11.2. The van der Waals surface area contributed by atoms with Gasteiger partial charge in [-0.3, -0.25) is 0 Å². The molecule has 1 aromatic rings. The van der Waals surface area contributed by atoms with Crippen LogP contribution in [0.15, 0.2) is 59.0 Å². The lowest BCUT2D eigenvalue weighted by Gasteiger charge is -2.14. The van der Waals surface area contributed by atoms with Gasteiger partial charge in [0.05, 0.1) is 4.90 Å². The molecule has 0 N–H and O–H groups in total. The molecule has 1 heterocycles. The van der Waals surface area contributed by atoms with Gasteiger partial charge in [0.15, 0.2) is 0 Å². The maximum atomic E-state index is 12.5. The number of allylic oxidation sites excluding steroid dienone is 1. The Morgan fingerprint density at radius 1 is 1.26 bits per heavy atom. The van der Waals surface area contributed by atoms with E-state index in [1.54, 1.807) is 24.3 Å². The van der Waals surface area contributed by atoms with Gasteiger partial charge in [-0.05, 0) is 29.7 Å². The van der Waals surface area contributed by atoms with Crippen LogP contribution < -0.4 is 0 Å². The fourth-order valence-electron chi connectivity index (χ4n) is 2.11. The lowest BCUT2D eigenvalue weighted by molar-refractivity contribution is 0.489. The Hall–Kier alpha value is -1.39. The highest BCUT2D eigenvalue weighted by molar-refractivity contribution is 7.89. The van der Waals surface area contributed by atoms with E-state index in [9.17, 15) is 8.42 Å². The largest absolute Gasteiger partial charge is 0.243 e. The second kappa shape index (κ2) is 5.72. The molecule has 1 fully saturated rings. The van der Waals surface area contributed by atoms with Gasteiger partial charge < -0.3 is 0 Å². The summed E-state index contributed by atoms with van der Waals surface area (Å²) in [6.45, 7) is 6.91. The average Bonchev–Trinajstić information content (AvgIpc) is 2.79. The van der Waals surface area contributed by atoms with Gasteiger partial charge >= 0.3 is 0 Å². The van der Waals surface area contributed by atoms with Gasteiger partial charge in [0.25, 0.3) is 0 Å². The Labute approximate surface area is 115 Å². The molecule has 0 aliphatic carbocycles. The maximum absolute atomic E-state index is 12.5. The highest BCUT2D eigenvalue weighted by Crippen LogP contribution is 2.27. The lowest BCUT2D eigenvalue weighted by atomic mass is 10.1. The number of unbranched alkanes of at least 4 members (excludes halogenated alkanes) is 1. The highest BCUT2D eigenvalue weighted by atomic mass is 32.2. The monoisotopic (exact) mass is 277 g/mol. The fraction of sp³-hybridized carbons (Fsp3) is 0.333. The van der Waals surface area contributed by atoms with Crippen molar-refractivity contribution in [3.63, 3.8) is 0 Å². The van der Waals surface area contributed by atoms with Crippen LogP contribution in [0.5, 0.6) is 0 Å². The molecule has 0 aromatic heterocycles. The van der Waals surface area contributed by atoms with Crippen molar-refractivity contribution in [2.24, 2.45) is 0 Å². The van der Waals surface area contributed by atoms with Crippen LogP contribution in [0.4, 0.5) is 0 Å². The Kier molecular flexibility index (Phi) is 4.22. The van der Waals surface area contributed by atoms with Gasteiger partial charge in [0, 0.05) is 13.1 Å². The van der Waals surface area contributed by atoms with E-state index in [1.807, 2.05) is 6.07 Å². The minimum atomic E-state index is -3.40. The van der Waals surface area contributed by atoms with Gasteiger partial charge in [-0.25, -0.2) is 8.42 Å². The van der Waals surface area contributed by atoms with Gasteiger partial charge in [0.2, 0.25) is 10.0 Å². The number of rotatable bonds is 4. The van der Waals surface area contributed by atoms with E-state index in [0.29, 0.717) is 18.0 Å². The van der Waals surface area contributed by atoms with E-state index in [0.717, 1.165) is 24.0 Å². The topological polar surface area (TPSA) is 37.4 Å². The first-order valence-electron chi connectivity index (χ1n) is 6.48. The number of benzene rings is 1. The molecular weight excluding hydrogens is 258 g/mol. The molecule has 102 valence electrons. The Morgan fingerprint density at radius 2 is 1.95 bits per heavy atom. The van der Waals surface area contributed by atoms with Gasteiger partial charge in [-0.1, -0.05) is 44.2 Å². The average molecular weight is 277 g/mol. The minimum absolute atomic E-state index is 0.347. The quantitative estimate of drug-likeness (QED) is 0.848. The molecule has 4 heteroatoms. The number of nitrogens with zero attached hydrogens (tertiary/aromatic N) is 1. The van der Waals surface area contributed by atoms with E-state index in [1.165, 1.54) is 4.31 Å². The number of hydrogen-bond acceptors (Lipinski definition) is 2. The molecule has 0 spiro atoms. The molecule has 0 radical (unpaired) electrons. The molecule has 2 rings (SSSR count). The van der Waals surface area contributed by atoms with Crippen LogP contribution in [-0.4, -0.2) is 25.8 Å². The lowest BCUT2D eigenvalue weighted by Crippen LogP contribution is -2.28. The van der Waals surface area contributed by atoms with Crippen molar-refractivity contribution < 1.29 is 8.42 Å². The fourth-order valence-corrected chi connectivity index (χ4v) is 3.55. The third kappa shape index (κ3) is 2.96. The molecule has 0 bridgehead atoms. The van der Waals surface area contributed by atoms with E-state index >= 15 is 0 Å². The Bertz CT molecular complexity index is 588. The SMILES string of the molecule is C=C1CN(S(=O)(=O)c2ccccc2)C/C1=C\CCC. The van der Waals surface area contributed by atoms with Crippen molar-refractivity contribution >= 4 is 10.0 Å². The van der Waals surface area contributed by atoms with Crippen LogP contribution in [-0.2, 0) is 10.0 Å². The first-order valence-corrected chi connectivity index (χ1v) is 7.92. The summed E-state index contributed by atoms with van der Waals surface area (Å²) >= 11 is 0. The second-order valence-corrected chi connectivity index (χ2v) is 6.65. The standard InChI is InChI=1S/C15H19NO2S/c1-3-4-8-14-12-16(11-13(14)2)19(17,18)15-9-6-5-7-10-15/h5-10H,2-4,11-12H2,1H3/b14-8+. The molecule has 1 aliphatic rings. The molecule has 1 aliphatic heterocycles. The van der Waals surface area contributed by atoms with E-state index in [4.69, 9.17) is 0 Å². The summed E-state index contributed by atoms with van der Waals surface area (Å²) in [5, 5.41) is 0. The summed E-state index contributed by atoms with van der Waals surface area (Å²) in [4.78, 5) is 0.347. The molecule has 0 saturated carbocycles. The summed E-state index contributed by atoms with van der Waals surface area (Å²) in [6, 6.07) is 8.56. The van der Waals surface area contributed by atoms with Crippen LogP contribution in [0.1, 0.15) is 19.8 Å². The predicted molar refractivity (Wildman–Crippen MR) is 77.3 cm³/mol. The summed E-state index contributed by atoms with van der Waals surface area (Å²) in [5.74, 6) is 0. The van der Waals surface area contributed by atoms with Gasteiger partial charge in [-0.15, -0.1) is 0 Å². The number of sulfonamides is 1. The van der Waals surface area contributed by atoms with Crippen LogP contribution in [0, 0.1) is 0 Å². The molecule has 1 saturated heterocycles. The smallest absolute Gasteiger partial charge is 0.207 e. The van der Waals surface area contributed by atoms with Crippen molar-refractivity contribution in [2.45, 2.75) is 24.7 Å². The van der Waals surface area contributed by atoms with Crippen molar-refractivity contribution in [1.82, 2.24) is 4.31 Å². The van der Waals surface area contributed by atoms with Crippen molar-refractivity contribution in [3.8, 4) is 0 Å². The first-order chi connectivity index (χ1) is 9.05. The molecule has 19 heavy (non-hydrogen) atoms. The van der Waals surface area contributed by atoms with Crippen molar-refractivity contribution in [2.75, 3.05) is 13.1 Å². The third-order valence-corrected chi connectivity index (χ3v) is 5.03. The summed E-state index contributed by atoms with van der Waals surface area (Å²) in [7, 11) is -3.40. The third-order valence-electron chi connectivity index (χ3n) is 3.23.